The number of hydrogen-bond acceptors (Lipinski definition) is 3. The highest BCUT2D eigenvalue weighted by Crippen LogP contribution is 2.22. The predicted octanol–water partition coefficient (Wildman–Crippen LogP) is 3.05. The molecule has 0 atom stereocenters. The van der Waals surface area contributed by atoms with E-state index in [0.29, 0.717) is 0 Å². The summed E-state index contributed by atoms with van der Waals surface area (Å²) in [5, 5.41) is 3.47. The molecule has 1 heterocycles. The third-order valence-electron chi connectivity index (χ3n) is 3.44. The van der Waals surface area contributed by atoms with Crippen LogP contribution in [0.4, 0.5) is 5.69 Å². The summed E-state index contributed by atoms with van der Waals surface area (Å²) in [5.41, 5.74) is 4.24. The standard InChI is InChI=1S/C15H24N2S/c1-3-6-16-12-14-4-5-15(11-13(14)2)17-7-9-18-10-8-17/h4-5,11,16H,3,6-10,12H2,1-2H3. The molecular weight excluding hydrogens is 240 g/mol. The molecule has 0 saturated carbocycles. The number of nitrogens with one attached hydrogen (secondary N) is 1. The highest BCUT2D eigenvalue weighted by atomic mass is 32.2. The van der Waals surface area contributed by atoms with Crippen LogP contribution in [0.15, 0.2) is 18.2 Å². The van der Waals surface area contributed by atoms with Crippen molar-refractivity contribution in [2.45, 2.75) is 26.8 Å². The summed E-state index contributed by atoms with van der Waals surface area (Å²) in [6.07, 6.45) is 1.20. The number of anilines is 1. The van der Waals surface area contributed by atoms with Crippen LogP contribution in [0.25, 0.3) is 0 Å². The summed E-state index contributed by atoms with van der Waals surface area (Å²) in [6, 6.07) is 6.92. The number of aryl methyl sites for hydroxylation is 1. The second-order valence-corrected chi connectivity index (χ2v) is 6.11. The van der Waals surface area contributed by atoms with Gasteiger partial charge in [0.25, 0.3) is 0 Å². The van der Waals surface area contributed by atoms with Crippen molar-refractivity contribution in [1.82, 2.24) is 5.32 Å². The fourth-order valence-electron chi connectivity index (χ4n) is 2.30. The minimum absolute atomic E-state index is 0.996. The molecule has 18 heavy (non-hydrogen) atoms. The van der Waals surface area contributed by atoms with Gasteiger partial charge in [-0.15, -0.1) is 0 Å². The van der Waals surface area contributed by atoms with E-state index >= 15 is 0 Å². The van der Waals surface area contributed by atoms with Crippen LogP contribution in [0.5, 0.6) is 0 Å². The Balaban J connectivity index is 1.99. The molecular formula is C15H24N2S. The minimum atomic E-state index is 0.996. The molecule has 0 amide bonds. The van der Waals surface area contributed by atoms with Gasteiger partial charge in [-0.2, -0.15) is 11.8 Å². The van der Waals surface area contributed by atoms with Crippen LogP contribution in [0.1, 0.15) is 24.5 Å². The molecule has 1 aliphatic rings. The van der Waals surface area contributed by atoms with Crippen LogP contribution in [0.3, 0.4) is 0 Å². The van der Waals surface area contributed by atoms with E-state index < -0.39 is 0 Å². The van der Waals surface area contributed by atoms with Crippen molar-refractivity contribution in [3.05, 3.63) is 29.3 Å². The van der Waals surface area contributed by atoms with Gasteiger partial charge < -0.3 is 10.2 Å². The molecule has 0 aliphatic carbocycles. The number of nitrogens with zero attached hydrogens (tertiary/aromatic N) is 1. The molecule has 1 aromatic carbocycles. The Labute approximate surface area is 115 Å². The molecule has 100 valence electrons. The van der Waals surface area contributed by atoms with Crippen LogP contribution >= 0.6 is 11.8 Å². The Hall–Kier alpha value is -0.670. The molecule has 0 spiro atoms. The van der Waals surface area contributed by atoms with Crippen molar-refractivity contribution in [3.63, 3.8) is 0 Å². The monoisotopic (exact) mass is 264 g/mol. The normalized spacial score (nSPS) is 16.0. The summed E-state index contributed by atoms with van der Waals surface area (Å²) in [5.74, 6) is 2.53. The maximum absolute atomic E-state index is 3.47. The average molecular weight is 264 g/mol. The van der Waals surface area contributed by atoms with E-state index in [2.05, 4.69) is 54.0 Å². The lowest BCUT2D eigenvalue weighted by Gasteiger charge is -2.29. The molecule has 1 saturated heterocycles. The lowest BCUT2D eigenvalue weighted by atomic mass is 10.1. The van der Waals surface area contributed by atoms with Crippen LogP contribution < -0.4 is 10.2 Å². The summed E-state index contributed by atoms with van der Waals surface area (Å²) in [4.78, 5) is 2.51. The third kappa shape index (κ3) is 3.66. The Morgan fingerprint density at radius 1 is 1.28 bits per heavy atom. The van der Waals surface area contributed by atoms with Crippen molar-refractivity contribution in [1.29, 1.82) is 0 Å². The summed E-state index contributed by atoms with van der Waals surface area (Å²) >= 11 is 2.06. The van der Waals surface area contributed by atoms with Crippen LogP contribution in [-0.2, 0) is 6.54 Å². The first-order valence-corrected chi connectivity index (χ1v) is 8.09. The van der Waals surface area contributed by atoms with E-state index in [-0.39, 0.29) is 0 Å². The molecule has 3 heteroatoms. The summed E-state index contributed by atoms with van der Waals surface area (Å²) in [7, 11) is 0. The predicted molar refractivity (Wildman–Crippen MR) is 82.7 cm³/mol. The largest absolute Gasteiger partial charge is 0.370 e. The van der Waals surface area contributed by atoms with Crippen LogP contribution in [0.2, 0.25) is 0 Å². The molecule has 0 aromatic heterocycles. The SMILES string of the molecule is CCCNCc1ccc(N2CCSCC2)cc1C. The van der Waals surface area contributed by atoms with Crippen molar-refractivity contribution in [2.24, 2.45) is 0 Å². The van der Waals surface area contributed by atoms with Gasteiger partial charge in [-0.25, -0.2) is 0 Å². The maximum Gasteiger partial charge on any atom is 0.0369 e. The van der Waals surface area contributed by atoms with Gasteiger partial charge in [-0.3, -0.25) is 0 Å². The van der Waals surface area contributed by atoms with Crippen LogP contribution in [0, 0.1) is 6.92 Å². The van der Waals surface area contributed by atoms with Gasteiger partial charge in [0.15, 0.2) is 0 Å². The molecule has 1 N–H and O–H groups in total. The number of rotatable bonds is 5. The lowest BCUT2D eigenvalue weighted by Crippen LogP contribution is -2.32. The zero-order valence-electron chi connectivity index (χ0n) is 11.5. The Morgan fingerprint density at radius 3 is 2.72 bits per heavy atom. The van der Waals surface area contributed by atoms with Gasteiger partial charge in [0.2, 0.25) is 0 Å². The van der Waals surface area contributed by atoms with E-state index in [9.17, 15) is 0 Å². The van der Waals surface area contributed by atoms with Crippen molar-refractivity contribution >= 4 is 17.4 Å². The quantitative estimate of drug-likeness (QED) is 0.823. The van der Waals surface area contributed by atoms with Gasteiger partial charge in [0, 0.05) is 36.8 Å². The highest BCUT2D eigenvalue weighted by molar-refractivity contribution is 7.99. The van der Waals surface area contributed by atoms with Gasteiger partial charge in [0.1, 0.15) is 0 Å². The van der Waals surface area contributed by atoms with E-state index in [1.54, 1.807) is 0 Å². The first kappa shape index (κ1) is 13.8. The fraction of sp³-hybridized carbons (Fsp3) is 0.600. The second-order valence-electron chi connectivity index (χ2n) is 4.89. The summed E-state index contributed by atoms with van der Waals surface area (Å²) in [6.45, 7) is 8.91. The number of benzene rings is 1. The molecule has 0 unspecified atom stereocenters. The van der Waals surface area contributed by atoms with E-state index in [1.807, 2.05) is 0 Å². The van der Waals surface area contributed by atoms with Gasteiger partial charge in [0.05, 0.1) is 0 Å². The first-order valence-electron chi connectivity index (χ1n) is 6.94. The number of hydrogen-bond donors (Lipinski definition) is 1. The van der Waals surface area contributed by atoms with Crippen molar-refractivity contribution in [2.75, 3.05) is 36.0 Å². The second kappa shape index (κ2) is 7.05. The van der Waals surface area contributed by atoms with Crippen molar-refractivity contribution in [3.8, 4) is 0 Å². The molecule has 0 bridgehead atoms. The third-order valence-corrected chi connectivity index (χ3v) is 4.39. The molecule has 0 radical (unpaired) electrons. The van der Waals surface area contributed by atoms with E-state index in [1.165, 1.54) is 47.8 Å². The number of thioether (sulfide) groups is 1. The zero-order chi connectivity index (χ0) is 12.8. The maximum atomic E-state index is 3.47. The highest BCUT2D eigenvalue weighted by Gasteiger charge is 2.11. The zero-order valence-corrected chi connectivity index (χ0v) is 12.4. The fourth-order valence-corrected chi connectivity index (χ4v) is 3.20. The molecule has 1 fully saturated rings. The molecule has 2 rings (SSSR count). The lowest BCUT2D eigenvalue weighted by molar-refractivity contribution is 0.673. The topological polar surface area (TPSA) is 15.3 Å². The molecule has 1 aromatic rings. The molecule has 1 aliphatic heterocycles. The van der Waals surface area contributed by atoms with Gasteiger partial charge >= 0.3 is 0 Å². The Morgan fingerprint density at radius 2 is 2.06 bits per heavy atom. The van der Waals surface area contributed by atoms with Gasteiger partial charge in [-0.1, -0.05) is 13.0 Å². The van der Waals surface area contributed by atoms with Crippen LogP contribution in [-0.4, -0.2) is 31.1 Å². The summed E-state index contributed by atoms with van der Waals surface area (Å²) < 4.78 is 0. The average Bonchev–Trinajstić information content (AvgIpc) is 2.42. The Bertz CT molecular complexity index is 373. The smallest absolute Gasteiger partial charge is 0.0369 e. The Kier molecular flexibility index (Phi) is 5.39. The van der Waals surface area contributed by atoms with E-state index in [0.717, 1.165) is 13.1 Å². The van der Waals surface area contributed by atoms with Crippen molar-refractivity contribution < 1.29 is 0 Å². The first-order chi connectivity index (χ1) is 8.81. The van der Waals surface area contributed by atoms with Gasteiger partial charge in [-0.05, 0) is 43.1 Å². The molecule has 2 nitrogen and oxygen atoms in total. The minimum Gasteiger partial charge on any atom is -0.370 e. The van der Waals surface area contributed by atoms with E-state index in [4.69, 9.17) is 0 Å².